The number of aliphatic hydroxyl groups excluding tert-OH is 1. The van der Waals surface area contributed by atoms with E-state index < -0.39 is 0 Å². The molecule has 0 unspecified atom stereocenters. The Hall–Kier alpha value is -2.66. The second-order valence-corrected chi connectivity index (χ2v) is 8.69. The van der Waals surface area contributed by atoms with Crippen molar-refractivity contribution in [2.45, 2.75) is 6.54 Å². The first-order valence-corrected chi connectivity index (χ1v) is 11.1. The number of phenols is 1. The van der Waals surface area contributed by atoms with Crippen LogP contribution in [-0.4, -0.2) is 72.2 Å². The van der Waals surface area contributed by atoms with Crippen molar-refractivity contribution < 1.29 is 14.9 Å². The van der Waals surface area contributed by atoms with Gasteiger partial charge in [-0.25, -0.2) is 4.52 Å². The number of phenolic OH excluding ortho intramolecular Hbond substituents is 1. The maximum Gasteiger partial charge on any atom is 0.203 e. The van der Waals surface area contributed by atoms with Gasteiger partial charge in [0.15, 0.2) is 0 Å². The van der Waals surface area contributed by atoms with E-state index in [9.17, 15) is 9.90 Å². The number of methoxy groups -OCH3 is 1. The molecule has 0 saturated carbocycles. The van der Waals surface area contributed by atoms with E-state index in [-0.39, 0.29) is 23.2 Å². The van der Waals surface area contributed by atoms with Crippen molar-refractivity contribution in [3.05, 3.63) is 38.6 Å². The van der Waals surface area contributed by atoms with E-state index in [0.29, 0.717) is 52.0 Å². The molecule has 0 amide bonds. The van der Waals surface area contributed by atoms with Crippen molar-refractivity contribution in [1.82, 2.24) is 19.8 Å². The summed E-state index contributed by atoms with van der Waals surface area (Å²) < 4.78 is 7.64. The molecule has 0 radical (unpaired) electrons. The zero-order valence-electron chi connectivity index (χ0n) is 18.2. The Kier molecular flexibility index (Phi) is 6.38. The molecule has 0 spiro atoms. The first-order chi connectivity index (χ1) is 15.4. The second kappa shape index (κ2) is 9.07. The van der Waals surface area contributed by atoms with E-state index >= 15 is 0 Å². The zero-order valence-corrected chi connectivity index (χ0v) is 19.8. The summed E-state index contributed by atoms with van der Waals surface area (Å²) >= 11 is 3.39. The maximum atomic E-state index is 13.8. The molecule has 0 aliphatic carbocycles. The van der Waals surface area contributed by atoms with E-state index in [0.717, 1.165) is 17.6 Å². The van der Waals surface area contributed by atoms with Gasteiger partial charge in [-0.05, 0) is 42.2 Å². The van der Waals surface area contributed by atoms with Gasteiger partial charge in [0.25, 0.3) is 0 Å². The Morgan fingerprint density at radius 2 is 2.00 bits per heavy atom. The lowest BCUT2D eigenvalue weighted by molar-refractivity contribution is 0.291. The highest BCUT2D eigenvalue weighted by atomic mass is 79.9. The molecular weight excluding hydrogens is 478 g/mol. The summed E-state index contributed by atoms with van der Waals surface area (Å²) in [4.78, 5) is 15.9. The van der Waals surface area contributed by atoms with Crippen molar-refractivity contribution in [3.8, 4) is 11.5 Å². The van der Waals surface area contributed by atoms with Gasteiger partial charge in [-0.3, -0.25) is 4.79 Å². The highest BCUT2D eigenvalue weighted by Crippen LogP contribution is 2.40. The lowest BCUT2D eigenvalue weighted by Crippen LogP contribution is -2.21. The van der Waals surface area contributed by atoms with E-state index in [1.54, 1.807) is 4.52 Å². The highest BCUT2D eigenvalue weighted by Gasteiger charge is 2.25. The molecule has 4 rings (SSSR count). The molecule has 0 aliphatic rings. The Labute approximate surface area is 193 Å². The normalized spacial score (nSPS) is 11.9. The Morgan fingerprint density at radius 1 is 1.22 bits per heavy atom. The molecule has 0 bridgehead atoms. The van der Waals surface area contributed by atoms with Gasteiger partial charge >= 0.3 is 0 Å². The number of nitrogens with one attached hydrogen (secondary N) is 2. The topological polar surface area (TPSA) is 111 Å². The average Bonchev–Trinajstić information content (AvgIpc) is 3.10. The fourth-order valence-electron chi connectivity index (χ4n) is 4.00. The molecule has 0 atom stereocenters. The van der Waals surface area contributed by atoms with Crippen LogP contribution < -0.4 is 20.8 Å². The van der Waals surface area contributed by atoms with Gasteiger partial charge in [-0.15, -0.1) is 0 Å². The summed E-state index contributed by atoms with van der Waals surface area (Å²) in [5.74, 6) is 0.275. The monoisotopic (exact) mass is 503 g/mol. The summed E-state index contributed by atoms with van der Waals surface area (Å²) in [6, 6.07) is 5.33. The number of aliphatic hydroxyl groups is 1. The summed E-state index contributed by atoms with van der Waals surface area (Å²) in [6.07, 6.45) is 0. The highest BCUT2D eigenvalue weighted by molar-refractivity contribution is 9.10. The number of ether oxygens (including phenoxy) is 1. The predicted octanol–water partition coefficient (Wildman–Crippen LogP) is 1.97. The number of pyridine rings is 1. The van der Waals surface area contributed by atoms with Crippen molar-refractivity contribution in [1.29, 1.82) is 0 Å². The third-order valence-corrected chi connectivity index (χ3v) is 6.02. The van der Waals surface area contributed by atoms with E-state index in [1.165, 1.54) is 13.2 Å². The van der Waals surface area contributed by atoms with Crippen LogP contribution in [0.15, 0.2) is 27.5 Å². The van der Waals surface area contributed by atoms with Crippen LogP contribution in [0.3, 0.4) is 0 Å². The van der Waals surface area contributed by atoms with E-state index in [4.69, 9.17) is 14.9 Å². The molecule has 170 valence electrons. The molecule has 2 aromatic heterocycles. The number of hydrogen-bond donors (Lipinski definition) is 4. The van der Waals surface area contributed by atoms with Crippen LogP contribution in [0.2, 0.25) is 0 Å². The summed E-state index contributed by atoms with van der Waals surface area (Å²) in [5, 5.41) is 32.7. The number of nitrogens with zero attached hydrogens (tertiary/aromatic N) is 3. The van der Waals surface area contributed by atoms with Gasteiger partial charge in [0.1, 0.15) is 17.0 Å². The minimum absolute atomic E-state index is 0.0111. The lowest BCUT2D eigenvalue weighted by atomic mass is 10.0. The van der Waals surface area contributed by atoms with Gasteiger partial charge < -0.3 is 30.5 Å². The predicted molar refractivity (Wildman–Crippen MR) is 129 cm³/mol. The summed E-state index contributed by atoms with van der Waals surface area (Å²) in [6.45, 7) is 2.30. The van der Waals surface area contributed by atoms with Gasteiger partial charge in [0.2, 0.25) is 5.43 Å². The number of anilines is 1. The van der Waals surface area contributed by atoms with E-state index in [2.05, 4.69) is 31.5 Å². The summed E-state index contributed by atoms with van der Waals surface area (Å²) in [7, 11) is 5.47. The number of fused-ring (bicyclic) bond motifs is 2. The van der Waals surface area contributed by atoms with Gasteiger partial charge in [-0.2, -0.15) is 5.10 Å². The van der Waals surface area contributed by atoms with Crippen LogP contribution >= 0.6 is 15.9 Å². The minimum Gasteiger partial charge on any atom is -0.506 e. The lowest BCUT2D eigenvalue weighted by Gasteiger charge is -2.15. The standard InChI is InChI=1S/C22H26BrN5O4/c1-27(2)8-6-25-14-5-4-12-15(11-24-7-9-29)26-28-19(12)17(14)21(31)18-20(28)16(30)10-13(23)22(18)32-3/h4-5,10,24-25,29-30H,6-9,11H2,1-3H3. The van der Waals surface area contributed by atoms with Crippen LogP contribution in [0.4, 0.5) is 5.69 Å². The van der Waals surface area contributed by atoms with Gasteiger partial charge in [0, 0.05) is 43.3 Å². The maximum absolute atomic E-state index is 13.8. The van der Waals surface area contributed by atoms with E-state index in [1.807, 2.05) is 26.2 Å². The molecule has 4 aromatic rings. The SMILES string of the molecule is COc1c(Br)cc(O)c2c1c(=O)c1c(NCCN(C)C)ccc3c(CNCCO)nn2c31. The number of aromatic hydroxyl groups is 1. The molecule has 9 nitrogen and oxygen atoms in total. The molecule has 0 saturated heterocycles. The van der Waals surface area contributed by atoms with Gasteiger partial charge in [-0.1, -0.05) is 0 Å². The molecule has 0 fully saturated rings. The quantitative estimate of drug-likeness (QED) is 0.202. The first kappa shape index (κ1) is 22.5. The van der Waals surface area contributed by atoms with Crippen molar-refractivity contribution >= 4 is 48.8 Å². The summed E-state index contributed by atoms with van der Waals surface area (Å²) in [5.41, 5.74) is 2.11. The Morgan fingerprint density at radius 3 is 2.69 bits per heavy atom. The second-order valence-electron chi connectivity index (χ2n) is 7.84. The third kappa shape index (κ3) is 3.73. The number of aromatic nitrogens is 2. The fraction of sp³-hybridized carbons (Fsp3) is 0.364. The van der Waals surface area contributed by atoms with Crippen molar-refractivity contribution in [2.75, 3.05) is 52.8 Å². The first-order valence-electron chi connectivity index (χ1n) is 10.3. The largest absolute Gasteiger partial charge is 0.506 e. The van der Waals surface area contributed by atoms with Crippen LogP contribution in [-0.2, 0) is 6.54 Å². The number of likely N-dealkylation sites (N-methyl/N-ethyl adjacent to an activating group) is 1. The molecule has 0 aliphatic heterocycles. The number of halogens is 1. The van der Waals surface area contributed by atoms with Gasteiger partial charge in [0.05, 0.1) is 40.2 Å². The Balaban J connectivity index is 2.07. The fourth-order valence-corrected chi connectivity index (χ4v) is 4.57. The molecular formula is C22H26BrN5O4. The average molecular weight is 504 g/mol. The minimum atomic E-state index is -0.242. The molecule has 32 heavy (non-hydrogen) atoms. The molecule has 2 aromatic carbocycles. The van der Waals surface area contributed by atoms with Crippen LogP contribution in [0, 0.1) is 0 Å². The number of benzene rings is 2. The molecule has 4 N–H and O–H groups in total. The van der Waals surface area contributed by atoms with Crippen LogP contribution in [0.5, 0.6) is 11.5 Å². The van der Waals surface area contributed by atoms with Crippen molar-refractivity contribution in [3.63, 3.8) is 0 Å². The van der Waals surface area contributed by atoms with Crippen LogP contribution in [0.1, 0.15) is 5.69 Å². The van der Waals surface area contributed by atoms with Crippen LogP contribution in [0.25, 0.3) is 27.2 Å². The third-order valence-electron chi connectivity index (χ3n) is 5.43. The number of hydrogen-bond acceptors (Lipinski definition) is 8. The number of rotatable bonds is 9. The molecule has 10 heteroatoms. The zero-order chi connectivity index (χ0) is 23.0. The smallest absolute Gasteiger partial charge is 0.203 e. The van der Waals surface area contributed by atoms with Crippen molar-refractivity contribution in [2.24, 2.45) is 0 Å². The molecule has 2 heterocycles. The Bertz CT molecular complexity index is 1340.